The van der Waals surface area contributed by atoms with E-state index >= 15 is 0 Å². The Morgan fingerprint density at radius 1 is 1.26 bits per heavy atom. The van der Waals surface area contributed by atoms with Crippen molar-refractivity contribution in [3.05, 3.63) is 47.3 Å². The fourth-order valence-corrected chi connectivity index (χ4v) is 3.94. The molecule has 1 aliphatic heterocycles. The standard InChI is InChI=1S/C22H32N4O/c1-6-26-21(14-19(23-26)13-16(2)3)22(27)25-12-11-24(15-18(25)5)20-10-8-7-9-17(20)4/h7-10,14,16,18H,6,11-13,15H2,1-5H3/t18-/m1/s1. The van der Waals surface area contributed by atoms with Gasteiger partial charge in [0.1, 0.15) is 5.69 Å². The maximum atomic E-state index is 13.2. The van der Waals surface area contributed by atoms with Crippen LogP contribution >= 0.6 is 0 Å². The molecule has 1 saturated heterocycles. The molecule has 2 heterocycles. The minimum absolute atomic E-state index is 0.108. The van der Waals surface area contributed by atoms with Gasteiger partial charge in [0.25, 0.3) is 5.91 Å². The fraction of sp³-hybridized carbons (Fsp3) is 0.545. The van der Waals surface area contributed by atoms with E-state index in [9.17, 15) is 4.79 Å². The molecule has 1 atom stereocenters. The van der Waals surface area contributed by atoms with Crippen molar-refractivity contribution >= 4 is 11.6 Å². The number of amides is 1. The van der Waals surface area contributed by atoms with Gasteiger partial charge in [-0.05, 0) is 50.8 Å². The molecule has 0 N–H and O–H groups in total. The highest BCUT2D eigenvalue weighted by Gasteiger charge is 2.30. The number of rotatable bonds is 5. The number of anilines is 1. The lowest BCUT2D eigenvalue weighted by atomic mass is 10.1. The van der Waals surface area contributed by atoms with Crippen LogP contribution in [0.15, 0.2) is 30.3 Å². The molecule has 0 saturated carbocycles. The summed E-state index contributed by atoms with van der Waals surface area (Å²) in [6.07, 6.45) is 0.907. The third-order valence-corrected chi connectivity index (χ3v) is 5.31. The second kappa shape index (κ2) is 8.15. The van der Waals surface area contributed by atoms with Crippen molar-refractivity contribution in [3.8, 4) is 0 Å². The van der Waals surface area contributed by atoms with Crippen LogP contribution in [0.2, 0.25) is 0 Å². The number of aromatic nitrogens is 2. The number of hydrogen-bond donors (Lipinski definition) is 0. The smallest absolute Gasteiger partial charge is 0.272 e. The van der Waals surface area contributed by atoms with Gasteiger partial charge in [-0.15, -0.1) is 0 Å². The lowest BCUT2D eigenvalue weighted by molar-refractivity contribution is 0.0661. The summed E-state index contributed by atoms with van der Waals surface area (Å²) in [6.45, 7) is 13.9. The molecule has 27 heavy (non-hydrogen) atoms. The number of aryl methyl sites for hydroxylation is 2. The summed E-state index contributed by atoms with van der Waals surface area (Å²) in [5.74, 6) is 0.640. The molecular formula is C22H32N4O. The van der Waals surface area contributed by atoms with Crippen molar-refractivity contribution in [1.29, 1.82) is 0 Å². The van der Waals surface area contributed by atoms with Crippen LogP contribution in [0.3, 0.4) is 0 Å². The molecule has 146 valence electrons. The summed E-state index contributed by atoms with van der Waals surface area (Å²) in [4.78, 5) is 17.7. The molecule has 0 unspecified atom stereocenters. The van der Waals surface area contributed by atoms with Crippen molar-refractivity contribution in [3.63, 3.8) is 0 Å². The van der Waals surface area contributed by atoms with Gasteiger partial charge in [-0.2, -0.15) is 5.10 Å². The Bertz CT molecular complexity index is 795. The van der Waals surface area contributed by atoms with E-state index in [1.165, 1.54) is 11.3 Å². The number of benzene rings is 1. The van der Waals surface area contributed by atoms with Crippen LogP contribution in [-0.2, 0) is 13.0 Å². The third kappa shape index (κ3) is 4.18. The molecule has 5 heteroatoms. The summed E-state index contributed by atoms with van der Waals surface area (Å²) in [5, 5.41) is 4.64. The largest absolute Gasteiger partial charge is 0.367 e. The first-order valence-electron chi connectivity index (χ1n) is 10.1. The van der Waals surface area contributed by atoms with Crippen LogP contribution in [0.25, 0.3) is 0 Å². The molecule has 1 fully saturated rings. The zero-order valence-electron chi connectivity index (χ0n) is 17.3. The molecule has 3 rings (SSSR count). The monoisotopic (exact) mass is 368 g/mol. The molecule has 1 aromatic carbocycles. The van der Waals surface area contributed by atoms with Crippen molar-refractivity contribution in [2.24, 2.45) is 5.92 Å². The van der Waals surface area contributed by atoms with Crippen molar-refractivity contribution < 1.29 is 4.79 Å². The summed E-state index contributed by atoms with van der Waals surface area (Å²) in [6, 6.07) is 10.6. The SMILES string of the molecule is CCn1nc(CC(C)C)cc1C(=O)N1CCN(c2ccccc2C)C[C@H]1C. The maximum absolute atomic E-state index is 13.2. The molecule has 0 spiro atoms. The second-order valence-electron chi connectivity index (χ2n) is 8.01. The van der Waals surface area contributed by atoms with Crippen molar-refractivity contribution in [2.75, 3.05) is 24.5 Å². The Labute approximate surface area is 163 Å². The van der Waals surface area contributed by atoms with Crippen LogP contribution in [-0.4, -0.2) is 46.3 Å². The van der Waals surface area contributed by atoms with Crippen LogP contribution < -0.4 is 4.90 Å². The van der Waals surface area contributed by atoms with Gasteiger partial charge in [-0.3, -0.25) is 9.48 Å². The highest BCUT2D eigenvalue weighted by atomic mass is 16.2. The van der Waals surface area contributed by atoms with Gasteiger partial charge in [0.15, 0.2) is 0 Å². The number of para-hydroxylation sites is 1. The lowest BCUT2D eigenvalue weighted by Crippen LogP contribution is -2.54. The van der Waals surface area contributed by atoms with E-state index in [4.69, 9.17) is 0 Å². The molecule has 1 aromatic heterocycles. The average Bonchev–Trinajstić information content (AvgIpc) is 3.03. The molecule has 0 aliphatic carbocycles. The first-order valence-corrected chi connectivity index (χ1v) is 10.1. The van der Waals surface area contributed by atoms with Gasteiger partial charge in [0.05, 0.1) is 5.69 Å². The average molecular weight is 369 g/mol. The topological polar surface area (TPSA) is 41.4 Å². The zero-order valence-corrected chi connectivity index (χ0v) is 17.3. The van der Waals surface area contributed by atoms with E-state index in [2.05, 4.69) is 62.0 Å². The van der Waals surface area contributed by atoms with Crippen LogP contribution in [0.5, 0.6) is 0 Å². The van der Waals surface area contributed by atoms with E-state index in [1.54, 1.807) is 0 Å². The number of nitrogens with zero attached hydrogens (tertiary/aromatic N) is 4. The molecule has 1 aliphatic rings. The summed E-state index contributed by atoms with van der Waals surface area (Å²) in [5.41, 5.74) is 4.30. The number of carbonyl (C=O) groups is 1. The predicted molar refractivity (Wildman–Crippen MR) is 110 cm³/mol. The molecule has 1 amide bonds. The highest BCUT2D eigenvalue weighted by Crippen LogP contribution is 2.24. The van der Waals surface area contributed by atoms with E-state index in [0.29, 0.717) is 5.92 Å². The predicted octanol–water partition coefficient (Wildman–Crippen LogP) is 3.76. The molecular weight excluding hydrogens is 336 g/mol. The van der Waals surface area contributed by atoms with E-state index in [-0.39, 0.29) is 11.9 Å². The normalized spacial score (nSPS) is 17.6. The third-order valence-electron chi connectivity index (χ3n) is 5.31. The molecule has 5 nitrogen and oxygen atoms in total. The Morgan fingerprint density at radius 2 is 2.00 bits per heavy atom. The highest BCUT2D eigenvalue weighted by molar-refractivity contribution is 5.93. The minimum atomic E-state index is 0.108. The summed E-state index contributed by atoms with van der Waals surface area (Å²) >= 11 is 0. The van der Waals surface area contributed by atoms with Gasteiger partial charge in [0, 0.05) is 37.9 Å². The van der Waals surface area contributed by atoms with Crippen LogP contribution in [0.4, 0.5) is 5.69 Å². The first-order chi connectivity index (χ1) is 12.9. The minimum Gasteiger partial charge on any atom is -0.367 e. The lowest BCUT2D eigenvalue weighted by Gasteiger charge is -2.41. The Morgan fingerprint density at radius 3 is 2.63 bits per heavy atom. The Hall–Kier alpha value is -2.30. The van der Waals surface area contributed by atoms with Gasteiger partial charge in [0.2, 0.25) is 0 Å². The van der Waals surface area contributed by atoms with E-state index in [0.717, 1.165) is 44.0 Å². The van der Waals surface area contributed by atoms with Crippen LogP contribution in [0.1, 0.15) is 49.4 Å². The Kier molecular flexibility index (Phi) is 5.88. The van der Waals surface area contributed by atoms with Gasteiger partial charge in [-0.25, -0.2) is 0 Å². The maximum Gasteiger partial charge on any atom is 0.272 e. The number of carbonyl (C=O) groups excluding carboxylic acids is 1. The summed E-state index contributed by atoms with van der Waals surface area (Å²) in [7, 11) is 0. The fourth-order valence-electron chi connectivity index (χ4n) is 3.94. The number of piperazine rings is 1. The van der Waals surface area contributed by atoms with Crippen LogP contribution in [0, 0.1) is 12.8 Å². The molecule has 0 bridgehead atoms. The quantitative estimate of drug-likeness (QED) is 0.807. The Balaban J connectivity index is 1.75. The van der Waals surface area contributed by atoms with Gasteiger partial charge < -0.3 is 9.80 Å². The van der Waals surface area contributed by atoms with Gasteiger partial charge in [-0.1, -0.05) is 32.0 Å². The van der Waals surface area contributed by atoms with E-state index in [1.807, 2.05) is 22.6 Å². The molecule has 0 radical (unpaired) electrons. The zero-order chi connectivity index (χ0) is 19.6. The van der Waals surface area contributed by atoms with Crippen molar-refractivity contribution in [2.45, 2.75) is 53.6 Å². The van der Waals surface area contributed by atoms with E-state index < -0.39 is 0 Å². The summed E-state index contributed by atoms with van der Waals surface area (Å²) < 4.78 is 1.86. The second-order valence-corrected chi connectivity index (χ2v) is 8.01. The van der Waals surface area contributed by atoms with Gasteiger partial charge >= 0.3 is 0 Å². The molecule has 2 aromatic rings. The first kappa shape index (κ1) is 19.5. The van der Waals surface area contributed by atoms with Crippen molar-refractivity contribution in [1.82, 2.24) is 14.7 Å². The number of hydrogen-bond acceptors (Lipinski definition) is 3.